The number of anilines is 1. The number of nitrogens with zero attached hydrogens (tertiary/aromatic N) is 1. The summed E-state index contributed by atoms with van der Waals surface area (Å²) in [5.74, 6) is 0.544. The molecule has 0 unspecified atom stereocenters. The largest absolute Gasteiger partial charge is 0.508 e. The molecule has 0 saturated carbocycles. The molecule has 0 amide bonds. The number of aromatic amines is 1. The number of hydrogen-bond donors (Lipinski definition) is 3. The Morgan fingerprint density at radius 1 is 1.46 bits per heavy atom. The number of aromatic hydroxyl groups is 1. The Kier molecular flexibility index (Phi) is 1.66. The third kappa shape index (κ3) is 1.33. The van der Waals surface area contributed by atoms with Crippen molar-refractivity contribution < 1.29 is 5.11 Å². The van der Waals surface area contributed by atoms with Crippen molar-refractivity contribution in [2.24, 2.45) is 0 Å². The Morgan fingerprint density at radius 3 is 3.00 bits per heavy atom. The Balaban J connectivity index is 2.94. The number of hydrogen-bond acceptors (Lipinski definition) is 4. The van der Waals surface area contributed by atoms with Crippen molar-refractivity contribution in [3.8, 4) is 5.75 Å². The summed E-state index contributed by atoms with van der Waals surface area (Å²) in [5, 5.41) is 9.95. The third-order valence-electron chi connectivity index (χ3n) is 1.74. The van der Waals surface area contributed by atoms with Crippen molar-refractivity contribution in [1.29, 1.82) is 0 Å². The highest BCUT2D eigenvalue weighted by atomic mass is 32.1. The van der Waals surface area contributed by atoms with Gasteiger partial charge in [0.25, 0.3) is 0 Å². The lowest BCUT2D eigenvalue weighted by Crippen LogP contribution is -1.94. The fourth-order valence-corrected chi connectivity index (χ4v) is 1.38. The molecule has 13 heavy (non-hydrogen) atoms. The van der Waals surface area contributed by atoms with Crippen LogP contribution in [0.3, 0.4) is 0 Å². The molecule has 0 aliphatic carbocycles. The fraction of sp³-hybridized carbons (Fsp3) is 0. The number of nitrogen functional groups attached to an aromatic ring is 1. The number of nitrogens with one attached hydrogen (secondary N) is 1. The number of phenols is 1. The second kappa shape index (κ2) is 2.70. The van der Waals surface area contributed by atoms with Gasteiger partial charge in [-0.15, -0.1) is 0 Å². The van der Waals surface area contributed by atoms with Crippen LogP contribution < -0.4 is 5.73 Å². The molecule has 5 heteroatoms. The molecule has 1 heterocycles. The molecule has 2 rings (SSSR count). The quantitative estimate of drug-likeness (QED) is 0.555. The van der Waals surface area contributed by atoms with Gasteiger partial charge in [0.2, 0.25) is 0 Å². The lowest BCUT2D eigenvalue weighted by molar-refractivity contribution is 0.476. The van der Waals surface area contributed by atoms with Gasteiger partial charge >= 0.3 is 0 Å². The average Bonchev–Trinajstić information content (AvgIpc) is 2.02. The van der Waals surface area contributed by atoms with Gasteiger partial charge in [0.05, 0.1) is 5.52 Å². The van der Waals surface area contributed by atoms with E-state index in [2.05, 4.69) is 9.97 Å². The maximum Gasteiger partial charge on any atom is 0.199 e. The normalized spacial score (nSPS) is 10.5. The number of phenolic OH excluding ortho intramolecular Hbond substituents is 1. The first-order valence-electron chi connectivity index (χ1n) is 3.65. The van der Waals surface area contributed by atoms with E-state index in [9.17, 15) is 5.11 Å². The number of benzene rings is 1. The van der Waals surface area contributed by atoms with Crippen molar-refractivity contribution >= 4 is 28.9 Å². The van der Waals surface area contributed by atoms with Crippen LogP contribution in [-0.2, 0) is 0 Å². The molecular weight excluding hydrogens is 186 g/mol. The molecular formula is C8H7N3OS. The van der Waals surface area contributed by atoms with Crippen LogP contribution in [0, 0.1) is 4.77 Å². The SMILES string of the molecule is Nc1nc(=S)[nH]c2cc(O)ccc12. The summed E-state index contributed by atoms with van der Waals surface area (Å²) in [4.78, 5) is 6.72. The lowest BCUT2D eigenvalue weighted by Gasteiger charge is -2.00. The highest BCUT2D eigenvalue weighted by Gasteiger charge is 2.00. The molecule has 2 aromatic rings. The lowest BCUT2D eigenvalue weighted by atomic mass is 10.2. The standard InChI is InChI=1S/C8H7N3OS/c9-7-5-2-1-4(12)3-6(5)10-8(13)11-7/h1-3,12H,(H3,9,10,11,13). The third-order valence-corrected chi connectivity index (χ3v) is 1.94. The molecule has 0 aliphatic heterocycles. The van der Waals surface area contributed by atoms with Gasteiger partial charge in [-0.05, 0) is 24.4 Å². The van der Waals surface area contributed by atoms with Gasteiger partial charge in [-0.3, -0.25) is 0 Å². The summed E-state index contributed by atoms with van der Waals surface area (Å²) in [6.45, 7) is 0. The van der Waals surface area contributed by atoms with E-state index in [1.165, 1.54) is 0 Å². The first kappa shape index (κ1) is 8.00. The molecule has 0 radical (unpaired) electrons. The van der Waals surface area contributed by atoms with Gasteiger partial charge in [-0.25, -0.2) is 4.98 Å². The predicted octanol–water partition coefficient (Wildman–Crippen LogP) is 1.58. The van der Waals surface area contributed by atoms with Crippen molar-refractivity contribution in [3.63, 3.8) is 0 Å². The second-order valence-electron chi connectivity index (χ2n) is 2.66. The van der Waals surface area contributed by atoms with Gasteiger partial charge in [-0.2, -0.15) is 0 Å². The minimum Gasteiger partial charge on any atom is -0.508 e. The number of nitrogens with two attached hydrogens (primary N) is 1. The van der Waals surface area contributed by atoms with E-state index in [-0.39, 0.29) is 5.75 Å². The Bertz CT molecular complexity index is 520. The maximum atomic E-state index is 9.20. The van der Waals surface area contributed by atoms with E-state index < -0.39 is 0 Å². The molecule has 0 bridgehead atoms. The molecule has 0 aliphatic rings. The summed E-state index contributed by atoms with van der Waals surface area (Å²) in [5.41, 5.74) is 6.32. The monoisotopic (exact) mass is 193 g/mol. The fourth-order valence-electron chi connectivity index (χ4n) is 1.17. The summed E-state index contributed by atoms with van der Waals surface area (Å²) >= 11 is 4.84. The summed E-state index contributed by atoms with van der Waals surface area (Å²) in [6, 6.07) is 4.80. The summed E-state index contributed by atoms with van der Waals surface area (Å²) in [7, 11) is 0. The first-order chi connectivity index (χ1) is 6.16. The molecule has 66 valence electrons. The Hall–Kier alpha value is -1.62. The van der Waals surface area contributed by atoms with Gasteiger partial charge < -0.3 is 15.8 Å². The zero-order valence-electron chi connectivity index (χ0n) is 6.61. The zero-order chi connectivity index (χ0) is 9.42. The van der Waals surface area contributed by atoms with Crippen molar-refractivity contribution in [2.75, 3.05) is 5.73 Å². The molecule has 0 fully saturated rings. The van der Waals surface area contributed by atoms with Crippen molar-refractivity contribution in [3.05, 3.63) is 23.0 Å². The average molecular weight is 193 g/mol. The molecule has 1 aromatic heterocycles. The van der Waals surface area contributed by atoms with Crippen LogP contribution in [0.4, 0.5) is 5.82 Å². The van der Waals surface area contributed by atoms with Gasteiger partial charge in [0.15, 0.2) is 4.77 Å². The number of H-pyrrole nitrogens is 1. The van der Waals surface area contributed by atoms with Crippen LogP contribution in [0.1, 0.15) is 0 Å². The van der Waals surface area contributed by atoms with E-state index in [1.54, 1.807) is 18.2 Å². The highest BCUT2D eigenvalue weighted by molar-refractivity contribution is 7.71. The van der Waals surface area contributed by atoms with E-state index in [1.807, 2.05) is 0 Å². The van der Waals surface area contributed by atoms with Gasteiger partial charge in [-0.1, -0.05) is 0 Å². The van der Waals surface area contributed by atoms with E-state index in [0.717, 1.165) is 5.39 Å². The summed E-state index contributed by atoms with van der Waals surface area (Å²) in [6.07, 6.45) is 0. The molecule has 4 nitrogen and oxygen atoms in total. The predicted molar refractivity (Wildman–Crippen MR) is 53.0 cm³/mol. The van der Waals surface area contributed by atoms with Crippen LogP contribution in [0.5, 0.6) is 5.75 Å². The van der Waals surface area contributed by atoms with Gasteiger partial charge in [0.1, 0.15) is 11.6 Å². The molecule has 0 spiro atoms. The van der Waals surface area contributed by atoms with Crippen LogP contribution in [0.2, 0.25) is 0 Å². The topological polar surface area (TPSA) is 74.9 Å². The summed E-state index contributed by atoms with van der Waals surface area (Å²) < 4.78 is 0.315. The molecule has 4 N–H and O–H groups in total. The van der Waals surface area contributed by atoms with Crippen LogP contribution >= 0.6 is 12.2 Å². The number of rotatable bonds is 0. The van der Waals surface area contributed by atoms with Crippen LogP contribution in [-0.4, -0.2) is 15.1 Å². The second-order valence-corrected chi connectivity index (χ2v) is 3.04. The van der Waals surface area contributed by atoms with Gasteiger partial charge in [0, 0.05) is 11.5 Å². The van der Waals surface area contributed by atoms with E-state index >= 15 is 0 Å². The molecule has 0 atom stereocenters. The first-order valence-corrected chi connectivity index (χ1v) is 4.06. The van der Waals surface area contributed by atoms with Crippen molar-refractivity contribution in [2.45, 2.75) is 0 Å². The van der Waals surface area contributed by atoms with E-state index in [4.69, 9.17) is 18.0 Å². The Morgan fingerprint density at radius 2 is 2.23 bits per heavy atom. The van der Waals surface area contributed by atoms with Crippen LogP contribution in [0.25, 0.3) is 10.9 Å². The maximum absolute atomic E-state index is 9.20. The Labute approximate surface area is 79.0 Å². The molecule has 1 aromatic carbocycles. The smallest absolute Gasteiger partial charge is 0.199 e. The van der Waals surface area contributed by atoms with Crippen LogP contribution in [0.15, 0.2) is 18.2 Å². The van der Waals surface area contributed by atoms with E-state index in [0.29, 0.717) is 16.1 Å². The minimum absolute atomic E-state index is 0.170. The van der Waals surface area contributed by atoms with Crippen molar-refractivity contribution in [1.82, 2.24) is 9.97 Å². The minimum atomic E-state index is 0.170. The number of fused-ring (bicyclic) bond motifs is 1. The molecule has 0 saturated heterocycles. The number of aromatic nitrogens is 2. The zero-order valence-corrected chi connectivity index (χ0v) is 7.43. The highest BCUT2D eigenvalue weighted by Crippen LogP contribution is 2.20.